The molecular formula is C12H17NO3. The van der Waals surface area contributed by atoms with E-state index in [1.54, 1.807) is 12.1 Å². The Morgan fingerprint density at radius 1 is 1.44 bits per heavy atom. The average molecular weight is 223 g/mol. The molecule has 0 aliphatic carbocycles. The van der Waals surface area contributed by atoms with E-state index in [0.717, 1.165) is 0 Å². The number of hydrogen-bond acceptors (Lipinski definition) is 3. The zero-order valence-corrected chi connectivity index (χ0v) is 9.74. The Bertz CT molecular complexity index is 399. The van der Waals surface area contributed by atoms with E-state index in [1.165, 1.54) is 13.0 Å². The van der Waals surface area contributed by atoms with Gasteiger partial charge in [0.15, 0.2) is 0 Å². The highest BCUT2D eigenvalue weighted by Gasteiger charge is 2.24. The lowest BCUT2D eigenvalue weighted by molar-refractivity contribution is -0.114. The molecule has 0 bridgehead atoms. The first-order valence-electron chi connectivity index (χ1n) is 5.09. The number of benzene rings is 1. The van der Waals surface area contributed by atoms with Crippen LogP contribution in [0.5, 0.6) is 5.75 Å². The van der Waals surface area contributed by atoms with Gasteiger partial charge in [-0.2, -0.15) is 0 Å². The normalized spacial score (nSPS) is 11.2. The highest BCUT2D eigenvalue weighted by molar-refractivity contribution is 5.91. The van der Waals surface area contributed by atoms with Crippen LogP contribution in [0, 0.1) is 0 Å². The number of rotatable bonds is 3. The second kappa shape index (κ2) is 4.53. The molecule has 4 nitrogen and oxygen atoms in total. The molecule has 16 heavy (non-hydrogen) atoms. The van der Waals surface area contributed by atoms with Gasteiger partial charge in [0, 0.05) is 12.3 Å². The first-order valence-corrected chi connectivity index (χ1v) is 5.09. The fourth-order valence-corrected chi connectivity index (χ4v) is 1.50. The predicted molar refractivity (Wildman–Crippen MR) is 62.5 cm³/mol. The molecule has 4 heteroatoms. The third kappa shape index (κ3) is 2.52. The van der Waals surface area contributed by atoms with Gasteiger partial charge in [-0.25, -0.2) is 0 Å². The van der Waals surface area contributed by atoms with Crippen LogP contribution in [-0.2, 0) is 10.2 Å². The Morgan fingerprint density at radius 3 is 2.56 bits per heavy atom. The summed E-state index contributed by atoms with van der Waals surface area (Å²) in [7, 11) is 0. The lowest BCUT2D eigenvalue weighted by Gasteiger charge is -2.25. The van der Waals surface area contributed by atoms with Crippen molar-refractivity contribution in [3.8, 4) is 5.75 Å². The van der Waals surface area contributed by atoms with Crippen LogP contribution >= 0.6 is 0 Å². The number of carbonyl (C=O) groups is 1. The molecule has 0 aliphatic rings. The maximum atomic E-state index is 11.0. The molecular weight excluding hydrogens is 206 g/mol. The maximum Gasteiger partial charge on any atom is 0.221 e. The van der Waals surface area contributed by atoms with Gasteiger partial charge < -0.3 is 15.5 Å². The number of phenolic OH excluding ortho intramolecular Hbond substituents is 1. The Morgan fingerprint density at radius 2 is 2.06 bits per heavy atom. The van der Waals surface area contributed by atoms with Gasteiger partial charge in [0.1, 0.15) is 5.75 Å². The number of carbonyl (C=O) groups excluding carboxylic acids is 1. The van der Waals surface area contributed by atoms with Crippen LogP contribution in [0.2, 0.25) is 0 Å². The summed E-state index contributed by atoms with van der Waals surface area (Å²) >= 11 is 0. The highest BCUT2D eigenvalue weighted by atomic mass is 16.3. The fourth-order valence-electron chi connectivity index (χ4n) is 1.50. The van der Waals surface area contributed by atoms with Crippen molar-refractivity contribution in [3.63, 3.8) is 0 Å². The Hall–Kier alpha value is -1.55. The summed E-state index contributed by atoms with van der Waals surface area (Å²) in [4.78, 5) is 11.0. The summed E-state index contributed by atoms with van der Waals surface area (Å²) in [5.41, 5.74) is 0.565. The first-order chi connectivity index (χ1) is 7.38. The van der Waals surface area contributed by atoms with Crippen LogP contribution in [0.4, 0.5) is 5.69 Å². The summed E-state index contributed by atoms with van der Waals surface area (Å²) < 4.78 is 0. The molecule has 1 amide bonds. The lowest BCUT2D eigenvalue weighted by atomic mass is 9.84. The molecule has 0 spiro atoms. The molecule has 0 saturated heterocycles. The van der Waals surface area contributed by atoms with Crippen LogP contribution < -0.4 is 5.32 Å². The van der Waals surface area contributed by atoms with Crippen LogP contribution in [0.3, 0.4) is 0 Å². The molecule has 0 atom stereocenters. The molecule has 0 saturated carbocycles. The molecule has 1 aromatic carbocycles. The van der Waals surface area contributed by atoms with Crippen molar-refractivity contribution >= 4 is 11.6 Å². The molecule has 0 fully saturated rings. The quantitative estimate of drug-likeness (QED) is 0.682. The molecule has 3 N–H and O–H groups in total. The van der Waals surface area contributed by atoms with Gasteiger partial charge in [-0.15, -0.1) is 0 Å². The molecule has 1 rings (SSSR count). The number of aromatic hydroxyl groups is 1. The number of hydrogen-bond donors (Lipinski definition) is 3. The van der Waals surface area contributed by atoms with E-state index >= 15 is 0 Å². The number of amides is 1. The summed E-state index contributed by atoms with van der Waals surface area (Å²) in [5.74, 6) is -0.245. The Balaban J connectivity index is 3.28. The minimum Gasteiger partial charge on any atom is -0.506 e. The van der Waals surface area contributed by atoms with E-state index in [0.29, 0.717) is 11.3 Å². The largest absolute Gasteiger partial charge is 0.506 e. The summed E-state index contributed by atoms with van der Waals surface area (Å²) in [6.07, 6.45) is 0. The molecule has 0 unspecified atom stereocenters. The van der Waals surface area contributed by atoms with E-state index in [-0.39, 0.29) is 18.3 Å². The topological polar surface area (TPSA) is 69.6 Å². The molecule has 0 aromatic heterocycles. The second-order valence-electron chi connectivity index (χ2n) is 4.42. The predicted octanol–water partition coefficient (Wildman–Crippen LogP) is 1.62. The fraction of sp³-hybridized carbons (Fsp3) is 0.417. The minimum absolute atomic E-state index is 0.00854. The summed E-state index contributed by atoms with van der Waals surface area (Å²) in [6, 6.07) is 4.97. The lowest BCUT2D eigenvalue weighted by Crippen LogP contribution is -2.24. The number of para-hydroxylation sites is 1. The Labute approximate surface area is 94.9 Å². The standard InChI is InChI=1S/C12H17NO3/c1-8(15)13-11-9(12(2,3)7-14)5-4-6-10(11)16/h4-6,14,16H,7H2,1-3H3,(H,13,15). The molecule has 0 radical (unpaired) electrons. The number of nitrogens with one attached hydrogen (secondary N) is 1. The third-order valence-electron chi connectivity index (χ3n) is 2.47. The molecule has 88 valence electrons. The Kier molecular flexibility index (Phi) is 3.55. The van der Waals surface area contributed by atoms with E-state index in [4.69, 9.17) is 0 Å². The number of phenols is 1. The van der Waals surface area contributed by atoms with Crippen LogP contribution in [-0.4, -0.2) is 22.7 Å². The van der Waals surface area contributed by atoms with Gasteiger partial charge in [-0.1, -0.05) is 26.0 Å². The van der Waals surface area contributed by atoms with Crippen molar-refractivity contribution in [2.75, 3.05) is 11.9 Å². The van der Waals surface area contributed by atoms with Crippen molar-refractivity contribution in [2.24, 2.45) is 0 Å². The third-order valence-corrected chi connectivity index (χ3v) is 2.47. The highest BCUT2D eigenvalue weighted by Crippen LogP contribution is 2.35. The first kappa shape index (κ1) is 12.5. The smallest absolute Gasteiger partial charge is 0.221 e. The molecule has 1 aromatic rings. The van der Waals surface area contributed by atoms with Gasteiger partial charge in [0.05, 0.1) is 12.3 Å². The summed E-state index contributed by atoms with van der Waals surface area (Å²) in [5, 5.41) is 21.6. The monoisotopic (exact) mass is 223 g/mol. The number of anilines is 1. The van der Waals surface area contributed by atoms with E-state index < -0.39 is 5.41 Å². The van der Waals surface area contributed by atoms with Crippen molar-refractivity contribution < 1.29 is 15.0 Å². The van der Waals surface area contributed by atoms with Gasteiger partial charge in [0.25, 0.3) is 0 Å². The van der Waals surface area contributed by atoms with Gasteiger partial charge >= 0.3 is 0 Å². The summed E-state index contributed by atoms with van der Waals surface area (Å²) in [6.45, 7) is 4.99. The van der Waals surface area contributed by atoms with E-state index in [2.05, 4.69) is 5.32 Å². The molecule has 0 heterocycles. The zero-order valence-electron chi connectivity index (χ0n) is 9.74. The van der Waals surface area contributed by atoms with Crippen molar-refractivity contribution in [1.29, 1.82) is 0 Å². The van der Waals surface area contributed by atoms with Gasteiger partial charge in [-0.3, -0.25) is 4.79 Å². The van der Waals surface area contributed by atoms with E-state index in [1.807, 2.05) is 13.8 Å². The van der Waals surface area contributed by atoms with Gasteiger partial charge in [-0.05, 0) is 11.6 Å². The van der Waals surface area contributed by atoms with Crippen LogP contribution in [0.25, 0.3) is 0 Å². The van der Waals surface area contributed by atoms with Crippen LogP contribution in [0.15, 0.2) is 18.2 Å². The molecule has 0 aliphatic heterocycles. The SMILES string of the molecule is CC(=O)Nc1c(O)cccc1C(C)(C)CO. The van der Waals surface area contributed by atoms with Crippen molar-refractivity contribution in [3.05, 3.63) is 23.8 Å². The zero-order chi connectivity index (χ0) is 12.3. The second-order valence-corrected chi connectivity index (χ2v) is 4.42. The number of aliphatic hydroxyl groups excluding tert-OH is 1. The average Bonchev–Trinajstić information content (AvgIpc) is 2.20. The van der Waals surface area contributed by atoms with E-state index in [9.17, 15) is 15.0 Å². The van der Waals surface area contributed by atoms with Crippen LogP contribution in [0.1, 0.15) is 26.3 Å². The minimum atomic E-state index is -0.517. The number of aliphatic hydroxyl groups is 1. The van der Waals surface area contributed by atoms with Crippen molar-refractivity contribution in [2.45, 2.75) is 26.2 Å². The van der Waals surface area contributed by atoms with Gasteiger partial charge in [0.2, 0.25) is 5.91 Å². The maximum absolute atomic E-state index is 11.0. The van der Waals surface area contributed by atoms with Crippen molar-refractivity contribution in [1.82, 2.24) is 0 Å².